The largest absolute Gasteiger partial charge is 0.491 e. The molecule has 136 valence electrons. The fourth-order valence-corrected chi connectivity index (χ4v) is 2.72. The summed E-state index contributed by atoms with van der Waals surface area (Å²) in [7, 11) is 4.10. The van der Waals surface area contributed by atoms with Crippen LogP contribution in [0.15, 0.2) is 30.3 Å². The van der Waals surface area contributed by atoms with E-state index in [2.05, 4.69) is 24.0 Å². The molecule has 6 heteroatoms. The molecule has 0 saturated heterocycles. The average molecular weight is 402 g/mol. The fraction of sp³-hybridized carbons (Fsp3) is 0.316. The lowest BCUT2D eigenvalue weighted by Crippen LogP contribution is -2.15. The first-order chi connectivity index (χ1) is 11.5. The van der Waals surface area contributed by atoms with E-state index in [1.54, 1.807) is 0 Å². The van der Waals surface area contributed by atoms with Gasteiger partial charge in [0.2, 0.25) is 0 Å². The van der Waals surface area contributed by atoms with Crippen molar-refractivity contribution in [3.05, 3.63) is 57.3 Å². The first-order valence-electron chi connectivity index (χ1n) is 7.84. The van der Waals surface area contributed by atoms with E-state index < -0.39 is 0 Å². The van der Waals surface area contributed by atoms with Crippen molar-refractivity contribution in [2.24, 2.45) is 0 Å². The van der Waals surface area contributed by atoms with Crippen LogP contribution in [0, 0.1) is 6.92 Å². The summed E-state index contributed by atoms with van der Waals surface area (Å²) in [6.45, 7) is 3.59. The number of ether oxygens (including phenoxy) is 1. The predicted molar refractivity (Wildman–Crippen MR) is 110 cm³/mol. The molecule has 0 amide bonds. The molecule has 25 heavy (non-hydrogen) atoms. The Morgan fingerprint density at radius 3 is 2.40 bits per heavy atom. The van der Waals surface area contributed by atoms with Gasteiger partial charge in [0.25, 0.3) is 0 Å². The van der Waals surface area contributed by atoms with Gasteiger partial charge in [-0.05, 0) is 63.9 Å². The SMILES string of the molecule is Cc1ccc(OCCCN(C)C)c(/C=C/c2c(Cl)cccc2Cl)n1.Cl. The van der Waals surface area contributed by atoms with Gasteiger partial charge < -0.3 is 9.64 Å². The van der Waals surface area contributed by atoms with Crippen molar-refractivity contribution in [1.82, 2.24) is 9.88 Å². The molecule has 0 radical (unpaired) electrons. The standard InChI is InChI=1S/C19H22Cl2N2O.ClH/c1-14-8-11-19(24-13-5-12-23(2)3)18(22-14)10-9-15-16(20)6-4-7-17(15)21;/h4,6-11H,5,12-13H2,1-3H3;1H/b10-9+;. The lowest BCUT2D eigenvalue weighted by atomic mass is 10.2. The molecular weight excluding hydrogens is 379 g/mol. The molecule has 0 N–H and O–H groups in total. The number of nitrogens with zero attached hydrogens (tertiary/aromatic N) is 2. The minimum atomic E-state index is 0. The van der Waals surface area contributed by atoms with Crippen LogP contribution in [0.1, 0.15) is 23.4 Å². The quantitative estimate of drug-likeness (QED) is 0.563. The van der Waals surface area contributed by atoms with Gasteiger partial charge in [-0.1, -0.05) is 29.3 Å². The molecule has 0 saturated carbocycles. The van der Waals surface area contributed by atoms with E-state index in [1.165, 1.54) is 0 Å². The second kappa shape index (κ2) is 10.7. The average Bonchev–Trinajstić information content (AvgIpc) is 2.52. The van der Waals surface area contributed by atoms with Crippen LogP contribution in [0.2, 0.25) is 10.0 Å². The van der Waals surface area contributed by atoms with Crippen LogP contribution in [0.25, 0.3) is 12.2 Å². The molecule has 0 aliphatic heterocycles. The summed E-state index contributed by atoms with van der Waals surface area (Å²) in [5, 5.41) is 1.22. The van der Waals surface area contributed by atoms with Crippen LogP contribution in [0.5, 0.6) is 5.75 Å². The highest BCUT2D eigenvalue weighted by Crippen LogP contribution is 2.27. The summed E-state index contributed by atoms with van der Waals surface area (Å²) < 4.78 is 5.89. The van der Waals surface area contributed by atoms with Gasteiger partial charge in [-0.25, -0.2) is 4.98 Å². The van der Waals surface area contributed by atoms with Crippen LogP contribution in [-0.2, 0) is 0 Å². The maximum atomic E-state index is 6.21. The smallest absolute Gasteiger partial charge is 0.144 e. The van der Waals surface area contributed by atoms with Gasteiger partial charge in [0.15, 0.2) is 0 Å². The summed E-state index contributed by atoms with van der Waals surface area (Å²) in [6.07, 6.45) is 4.72. The summed E-state index contributed by atoms with van der Waals surface area (Å²) in [5.41, 5.74) is 2.49. The summed E-state index contributed by atoms with van der Waals surface area (Å²) in [5.74, 6) is 0.763. The first kappa shape index (κ1) is 21.8. The monoisotopic (exact) mass is 400 g/mol. The topological polar surface area (TPSA) is 25.4 Å². The Kier molecular flexibility index (Phi) is 9.30. The van der Waals surface area contributed by atoms with Gasteiger partial charge in [0, 0.05) is 27.8 Å². The Balaban J connectivity index is 0.00000312. The van der Waals surface area contributed by atoms with Gasteiger partial charge in [-0.2, -0.15) is 0 Å². The van der Waals surface area contributed by atoms with Gasteiger partial charge in [-0.15, -0.1) is 12.4 Å². The number of rotatable bonds is 7. The number of hydrogen-bond donors (Lipinski definition) is 0. The minimum absolute atomic E-state index is 0. The molecule has 1 aromatic carbocycles. The molecule has 0 bridgehead atoms. The van der Waals surface area contributed by atoms with Crippen molar-refractivity contribution in [3.8, 4) is 5.75 Å². The molecule has 0 spiro atoms. The van der Waals surface area contributed by atoms with E-state index in [4.69, 9.17) is 27.9 Å². The van der Waals surface area contributed by atoms with Crippen molar-refractivity contribution in [3.63, 3.8) is 0 Å². The van der Waals surface area contributed by atoms with E-state index in [0.29, 0.717) is 16.7 Å². The zero-order valence-corrected chi connectivity index (χ0v) is 17.0. The van der Waals surface area contributed by atoms with Gasteiger partial charge in [-0.3, -0.25) is 0 Å². The van der Waals surface area contributed by atoms with Crippen LogP contribution < -0.4 is 4.74 Å². The lowest BCUT2D eigenvalue weighted by molar-refractivity contribution is 0.280. The molecule has 2 aromatic rings. The number of aryl methyl sites for hydroxylation is 1. The minimum Gasteiger partial charge on any atom is -0.491 e. The van der Waals surface area contributed by atoms with Crippen molar-refractivity contribution < 1.29 is 4.74 Å². The molecule has 0 unspecified atom stereocenters. The normalized spacial score (nSPS) is 11.0. The van der Waals surface area contributed by atoms with Gasteiger partial charge in [0.1, 0.15) is 11.4 Å². The fourth-order valence-electron chi connectivity index (χ4n) is 2.20. The van der Waals surface area contributed by atoms with E-state index in [-0.39, 0.29) is 12.4 Å². The van der Waals surface area contributed by atoms with Crippen LogP contribution in [0.3, 0.4) is 0 Å². The van der Waals surface area contributed by atoms with Crippen LogP contribution in [-0.4, -0.2) is 37.1 Å². The van der Waals surface area contributed by atoms with Gasteiger partial charge >= 0.3 is 0 Å². The summed E-state index contributed by atoms with van der Waals surface area (Å²) in [4.78, 5) is 6.69. The maximum absolute atomic E-state index is 6.21. The highest BCUT2D eigenvalue weighted by molar-refractivity contribution is 6.37. The summed E-state index contributed by atoms with van der Waals surface area (Å²) in [6, 6.07) is 9.35. The number of hydrogen-bond acceptors (Lipinski definition) is 3. The number of halogens is 3. The number of aromatic nitrogens is 1. The maximum Gasteiger partial charge on any atom is 0.144 e. The van der Waals surface area contributed by atoms with Crippen LogP contribution >= 0.6 is 35.6 Å². The van der Waals surface area contributed by atoms with Gasteiger partial charge in [0.05, 0.1) is 6.61 Å². The highest BCUT2D eigenvalue weighted by Gasteiger charge is 2.06. The number of benzene rings is 1. The highest BCUT2D eigenvalue weighted by atomic mass is 35.5. The van der Waals surface area contributed by atoms with Crippen LogP contribution in [0.4, 0.5) is 0 Å². The molecule has 0 fully saturated rings. The molecular formula is C19H23Cl3N2O. The van der Waals surface area contributed by atoms with Crippen molar-refractivity contribution >= 4 is 47.8 Å². The third-order valence-corrected chi connectivity index (χ3v) is 4.10. The Bertz CT molecular complexity index is 698. The summed E-state index contributed by atoms with van der Waals surface area (Å²) >= 11 is 12.4. The van der Waals surface area contributed by atoms with E-state index in [0.717, 1.165) is 35.7 Å². The Hall–Kier alpha value is -1.26. The molecule has 1 aromatic heterocycles. The van der Waals surface area contributed by atoms with Crippen molar-refractivity contribution in [2.45, 2.75) is 13.3 Å². The molecule has 0 atom stereocenters. The first-order valence-corrected chi connectivity index (χ1v) is 8.60. The Labute approximate surface area is 166 Å². The molecule has 1 heterocycles. The van der Waals surface area contributed by atoms with Crippen molar-refractivity contribution in [2.75, 3.05) is 27.2 Å². The van der Waals surface area contributed by atoms with E-state index in [1.807, 2.05) is 49.4 Å². The Morgan fingerprint density at radius 2 is 1.76 bits per heavy atom. The van der Waals surface area contributed by atoms with Crippen molar-refractivity contribution in [1.29, 1.82) is 0 Å². The second-order valence-electron chi connectivity index (χ2n) is 5.81. The predicted octanol–water partition coefficient (Wildman–Crippen LogP) is 5.62. The molecule has 0 aliphatic carbocycles. The second-order valence-corrected chi connectivity index (χ2v) is 6.62. The lowest BCUT2D eigenvalue weighted by Gasteiger charge is -2.12. The zero-order valence-electron chi connectivity index (χ0n) is 14.6. The third kappa shape index (κ3) is 6.87. The zero-order chi connectivity index (χ0) is 17.5. The van der Waals surface area contributed by atoms with E-state index >= 15 is 0 Å². The molecule has 0 aliphatic rings. The Morgan fingerprint density at radius 1 is 1.08 bits per heavy atom. The molecule has 2 rings (SSSR count). The number of pyridine rings is 1. The third-order valence-electron chi connectivity index (χ3n) is 3.44. The molecule has 3 nitrogen and oxygen atoms in total. The van der Waals surface area contributed by atoms with E-state index in [9.17, 15) is 0 Å².